The maximum absolute atomic E-state index is 12.4. The molecule has 1 heterocycles. The van der Waals surface area contributed by atoms with Gasteiger partial charge in [0.15, 0.2) is 6.61 Å². The van der Waals surface area contributed by atoms with E-state index in [0.29, 0.717) is 31.0 Å². The van der Waals surface area contributed by atoms with E-state index in [9.17, 15) is 9.59 Å². The summed E-state index contributed by atoms with van der Waals surface area (Å²) in [4.78, 5) is 26.2. The number of benzene rings is 2. The van der Waals surface area contributed by atoms with Gasteiger partial charge < -0.3 is 19.1 Å². The lowest BCUT2D eigenvalue weighted by atomic mass is 10.00. The molecule has 0 saturated heterocycles. The number of carbonyl (C=O) groups is 2. The van der Waals surface area contributed by atoms with Crippen molar-refractivity contribution in [2.24, 2.45) is 0 Å². The number of carbonyl (C=O) groups excluding carboxylic acids is 2. The summed E-state index contributed by atoms with van der Waals surface area (Å²) in [6.45, 7) is 0.930. The van der Waals surface area contributed by atoms with Crippen LogP contribution in [0.2, 0.25) is 0 Å². The molecular formula is C24H27NO5. The minimum Gasteiger partial charge on any atom is -0.497 e. The first-order valence-corrected chi connectivity index (χ1v) is 9.99. The zero-order valence-electron chi connectivity index (χ0n) is 17.4. The van der Waals surface area contributed by atoms with Gasteiger partial charge in [-0.25, -0.2) is 0 Å². The van der Waals surface area contributed by atoms with Crippen LogP contribution in [0.4, 0.5) is 0 Å². The standard InChI is InChI=1S/C24H27NO5/c1-28-21-14-18(15-22(16-21)29-2)8-9-24(27)30-17-23(26)25-12-10-20(11-13-25)19-6-4-3-5-7-19/h3-7,10,14-16H,8-9,11-13,17H2,1-2H3. The lowest BCUT2D eigenvalue weighted by molar-refractivity contribution is -0.151. The highest BCUT2D eigenvalue weighted by atomic mass is 16.5. The molecule has 158 valence electrons. The van der Waals surface area contributed by atoms with Crippen LogP contribution >= 0.6 is 0 Å². The largest absolute Gasteiger partial charge is 0.497 e. The van der Waals surface area contributed by atoms with Crippen molar-refractivity contribution in [1.82, 2.24) is 4.90 Å². The van der Waals surface area contributed by atoms with Crippen molar-refractivity contribution in [3.05, 3.63) is 65.7 Å². The average Bonchev–Trinajstić information content (AvgIpc) is 2.81. The van der Waals surface area contributed by atoms with Gasteiger partial charge in [-0.2, -0.15) is 0 Å². The smallest absolute Gasteiger partial charge is 0.306 e. The van der Waals surface area contributed by atoms with Gasteiger partial charge in [0.05, 0.1) is 14.2 Å². The lowest BCUT2D eigenvalue weighted by Crippen LogP contribution is -2.37. The summed E-state index contributed by atoms with van der Waals surface area (Å²) in [6.07, 6.45) is 3.52. The first-order valence-electron chi connectivity index (χ1n) is 9.99. The third-order valence-electron chi connectivity index (χ3n) is 5.09. The van der Waals surface area contributed by atoms with Crippen LogP contribution in [0.25, 0.3) is 5.57 Å². The fourth-order valence-corrected chi connectivity index (χ4v) is 3.37. The predicted octanol–water partition coefficient (Wildman–Crippen LogP) is 3.50. The SMILES string of the molecule is COc1cc(CCC(=O)OCC(=O)N2CC=C(c3ccccc3)CC2)cc(OC)c1. The second-order valence-corrected chi connectivity index (χ2v) is 7.07. The molecule has 0 saturated carbocycles. The molecule has 1 aliphatic rings. The highest BCUT2D eigenvalue weighted by molar-refractivity contribution is 5.82. The van der Waals surface area contributed by atoms with Crippen molar-refractivity contribution in [1.29, 1.82) is 0 Å². The van der Waals surface area contributed by atoms with E-state index < -0.39 is 5.97 Å². The van der Waals surface area contributed by atoms with E-state index in [1.165, 1.54) is 11.1 Å². The minimum atomic E-state index is -0.400. The van der Waals surface area contributed by atoms with E-state index in [1.54, 1.807) is 25.2 Å². The van der Waals surface area contributed by atoms with Crippen molar-refractivity contribution >= 4 is 17.4 Å². The van der Waals surface area contributed by atoms with Crippen LogP contribution in [0.3, 0.4) is 0 Å². The summed E-state index contributed by atoms with van der Waals surface area (Å²) in [6, 6.07) is 15.6. The maximum Gasteiger partial charge on any atom is 0.306 e. The van der Waals surface area contributed by atoms with Gasteiger partial charge in [-0.15, -0.1) is 0 Å². The van der Waals surface area contributed by atoms with Crippen molar-refractivity contribution in [2.75, 3.05) is 33.9 Å². The van der Waals surface area contributed by atoms with Crippen LogP contribution in [0.15, 0.2) is 54.6 Å². The number of ether oxygens (including phenoxy) is 3. The number of rotatable bonds is 8. The van der Waals surface area contributed by atoms with E-state index in [4.69, 9.17) is 14.2 Å². The van der Waals surface area contributed by atoms with Crippen LogP contribution in [0, 0.1) is 0 Å². The van der Waals surface area contributed by atoms with Gasteiger partial charge >= 0.3 is 5.97 Å². The first-order chi connectivity index (χ1) is 14.6. The Morgan fingerprint density at radius 1 is 1.00 bits per heavy atom. The lowest BCUT2D eigenvalue weighted by Gasteiger charge is -2.26. The van der Waals surface area contributed by atoms with Gasteiger partial charge in [0.2, 0.25) is 0 Å². The number of hydrogen-bond donors (Lipinski definition) is 0. The van der Waals surface area contributed by atoms with E-state index in [-0.39, 0.29) is 18.9 Å². The number of esters is 1. The molecule has 3 rings (SSSR count). The highest BCUT2D eigenvalue weighted by Crippen LogP contribution is 2.24. The Balaban J connectivity index is 1.44. The maximum atomic E-state index is 12.4. The Bertz CT molecular complexity index is 885. The molecule has 0 fully saturated rings. The third kappa shape index (κ3) is 5.86. The molecule has 0 radical (unpaired) electrons. The molecular weight excluding hydrogens is 382 g/mol. The molecule has 0 unspecified atom stereocenters. The van der Waals surface area contributed by atoms with E-state index in [2.05, 4.69) is 18.2 Å². The molecule has 30 heavy (non-hydrogen) atoms. The summed E-state index contributed by atoms with van der Waals surface area (Å²) < 4.78 is 15.7. The highest BCUT2D eigenvalue weighted by Gasteiger charge is 2.19. The van der Waals surface area contributed by atoms with Gasteiger partial charge in [-0.05, 0) is 41.7 Å². The Kier molecular flexibility index (Phi) is 7.49. The quantitative estimate of drug-likeness (QED) is 0.625. The molecule has 2 aromatic carbocycles. The number of aryl methyl sites for hydroxylation is 1. The molecule has 6 heteroatoms. The first kappa shape index (κ1) is 21.4. The van der Waals surface area contributed by atoms with Crippen molar-refractivity contribution < 1.29 is 23.8 Å². The van der Waals surface area contributed by atoms with Crippen molar-refractivity contribution in [3.63, 3.8) is 0 Å². The Morgan fingerprint density at radius 3 is 2.30 bits per heavy atom. The van der Waals surface area contributed by atoms with E-state index in [0.717, 1.165) is 12.0 Å². The molecule has 0 spiro atoms. The van der Waals surface area contributed by atoms with Crippen molar-refractivity contribution in [2.45, 2.75) is 19.3 Å². The van der Waals surface area contributed by atoms with Gasteiger partial charge in [-0.3, -0.25) is 9.59 Å². The predicted molar refractivity (Wildman–Crippen MR) is 114 cm³/mol. The third-order valence-corrected chi connectivity index (χ3v) is 5.09. The Hall–Kier alpha value is -3.28. The van der Waals surface area contributed by atoms with Crippen LogP contribution < -0.4 is 9.47 Å². The summed E-state index contributed by atoms with van der Waals surface area (Å²) in [5.41, 5.74) is 3.33. The zero-order valence-corrected chi connectivity index (χ0v) is 17.4. The fourth-order valence-electron chi connectivity index (χ4n) is 3.37. The number of hydrogen-bond acceptors (Lipinski definition) is 5. The van der Waals surface area contributed by atoms with Gasteiger partial charge in [-0.1, -0.05) is 36.4 Å². The molecule has 0 aliphatic carbocycles. The number of amides is 1. The van der Waals surface area contributed by atoms with Crippen molar-refractivity contribution in [3.8, 4) is 11.5 Å². The molecule has 6 nitrogen and oxygen atoms in total. The number of nitrogens with zero attached hydrogens (tertiary/aromatic N) is 1. The molecule has 0 bridgehead atoms. The number of methoxy groups -OCH3 is 2. The Morgan fingerprint density at radius 2 is 1.70 bits per heavy atom. The Labute approximate surface area is 177 Å². The molecule has 0 aromatic heterocycles. The monoisotopic (exact) mass is 409 g/mol. The molecule has 1 aliphatic heterocycles. The summed E-state index contributed by atoms with van der Waals surface area (Å²) in [5, 5.41) is 0. The topological polar surface area (TPSA) is 65.1 Å². The minimum absolute atomic E-state index is 0.172. The van der Waals surface area contributed by atoms with E-state index in [1.807, 2.05) is 30.3 Å². The van der Waals surface area contributed by atoms with Crippen LogP contribution in [0.5, 0.6) is 11.5 Å². The second-order valence-electron chi connectivity index (χ2n) is 7.07. The zero-order chi connectivity index (χ0) is 21.3. The van der Waals surface area contributed by atoms with Gasteiger partial charge in [0, 0.05) is 25.6 Å². The van der Waals surface area contributed by atoms with Crippen LogP contribution in [0.1, 0.15) is 24.0 Å². The summed E-state index contributed by atoms with van der Waals surface area (Å²) >= 11 is 0. The molecule has 0 N–H and O–H groups in total. The average molecular weight is 409 g/mol. The normalized spacial score (nSPS) is 13.4. The molecule has 1 amide bonds. The van der Waals surface area contributed by atoms with Crippen LogP contribution in [-0.2, 0) is 20.7 Å². The second kappa shape index (κ2) is 10.5. The van der Waals surface area contributed by atoms with E-state index >= 15 is 0 Å². The van der Waals surface area contributed by atoms with Gasteiger partial charge in [0.25, 0.3) is 5.91 Å². The molecule has 2 aromatic rings. The summed E-state index contributed by atoms with van der Waals surface area (Å²) in [5.74, 6) is 0.763. The molecule has 0 atom stereocenters. The fraction of sp³-hybridized carbons (Fsp3) is 0.333. The van der Waals surface area contributed by atoms with Gasteiger partial charge in [0.1, 0.15) is 11.5 Å². The summed E-state index contributed by atoms with van der Waals surface area (Å²) in [7, 11) is 3.16. The van der Waals surface area contributed by atoms with Crippen LogP contribution in [-0.4, -0.2) is 50.7 Å².